The molecule has 152 valence electrons. The molecular weight excluding hydrogens is 408 g/mol. The van der Waals surface area contributed by atoms with Crippen molar-refractivity contribution in [2.24, 2.45) is 5.14 Å². The summed E-state index contributed by atoms with van der Waals surface area (Å²) in [5.41, 5.74) is 3.36. The summed E-state index contributed by atoms with van der Waals surface area (Å²) in [6.45, 7) is 2.03. The van der Waals surface area contributed by atoms with E-state index in [0.717, 1.165) is 11.1 Å². The zero-order valence-electron chi connectivity index (χ0n) is 16.4. The molecule has 0 atom stereocenters. The highest BCUT2D eigenvalue weighted by molar-refractivity contribution is 7.98. The first kappa shape index (κ1) is 22.7. The fourth-order valence-corrected chi connectivity index (χ4v) is 4.03. The molecule has 0 radical (unpaired) electrons. The van der Waals surface area contributed by atoms with Crippen LogP contribution in [0.4, 0.5) is 5.82 Å². The molecule has 1 heterocycles. The number of nitriles is 2. The summed E-state index contributed by atoms with van der Waals surface area (Å²) < 4.78 is 24.2. The number of hydrogen-bond donors (Lipinski definition) is 2. The molecule has 0 unspecified atom stereocenters. The molecule has 0 bridgehead atoms. The van der Waals surface area contributed by atoms with Crippen LogP contribution in [-0.2, 0) is 28.9 Å². The van der Waals surface area contributed by atoms with E-state index in [0.29, 0.717) is 39.7 Å². The van der Waals surface area contributed by atoms with Crippen LogP contribution in [-0.4, -0.2) is 27.5 Å². The topological polar surface area (TPSA) is 136 Å². The quantitative estimate of drug-likeness (QED) is 0.612. The van der Waals surface area contributed by atoms with E-state index in [4.69, 9.17) is 5.14 Å². The maximum Gasteiger partial charge on any atom is 0.274 e. The maximum atomic E-state index is 11.0. The van der Waals surface area contributed by atoms with Gasteiger partial charge in [0, 0.05) is 26.4 Å². The van der Waals surface area contributed by atoms with Crippen molar-refractivity contribution in [1.29, 1.82) is 10.5 Å². The molecule has 10 heteroatoms. The third-order valence-corrected chi connectivity index (χ3v) is 5.72. The van der Waals surface area contributed by atoms with Crippen molar-refractivity contribution in [2.75, 3.05) is 19.0 Å². The number of pyridine rings is 1. The molecule has 0 saturated heterocycles. The molecule has 1 aromatic carbocycles. The van der Waals surface area contributed by atoms with Gasteiger partial charge in [-0.1, -0.05) is 31.2 Å². The maximum absolute atomic E-state index is 11.0. The van der Waals surface area contributed by atoms with E-state index < -0.39 is 10.2 Å². The zero-order valence-corrected chi connectivity index (χ0v) is 18.1. The number of aromatic nitrogens is 1. The molecule has 0 fully saturated rings. The number of benzene rings is 1. The Morgan fingerprint density at radius 1 is 1.14 bits per heavy atom. The minimum Gasteiger partial charge on any atom is -0.362 e. The first-order valence-corrected chi connectivity index (χ1v) is 11.3. The molecule has 8 nitrogen and oxygen atoms in total. The van der Waals surface area contributed by atoms with Crippen molar-refractivity contribution in [3.63, 3.8) is 0 Å². The number of rotatable bonds is 8. The number of anilines is 1. The van der Waals surface area contributed by atoms with E-state index in [-0.39, 0.29) is 6.54 Å². The van der Waals surface area contributed by atoms with Crippen molar-refractivity contribution in [2.45, 2.75) is 30.7 Å². The third-order valence-electron chi connectivity index (χ3n) is 4.13. The second-order valence-corrected chi connectivity index (χ2v) is 8.75. The number of nitrogens with zero attached hydrogens (tertiary/aromatic N) is 4. The standard InChI is InChI=1S/C19H22N6O2S2/c1-4-15-16(9-20)18(25(2)3)24-19(17(15)10-21)28-12-14-7-5-13(6-8-14)11-23-29(22,26)27/h5-8,23H,4,11-12H2,1-3H3,(H2,22,26,27). The van der Waals surface area contributed by atoms with Gasteiger partial charge in [0.2, 0.25) is 0 Å². The van der Waals surface area contributed by atoms with Crippen LogP contribution in [0.15, 0.2) is 29.3 Å². The molecule has 0 amide bonds. The largest absolute Gasteiger partial charge is 0.362 e. The lowest BCUT2D eigenvalue weighted by Crippen LogP contribution is -2.30. The Labute approximate surface area is 175 Å². The Kier molecular flexibility index (Phi) is 7.59. The summed E-state index contributed by atoms with van der Waals surface area (Å²) in [6, 6.07) is 11.8. The molecule has 2 rings (SSSR count). The minimum atomic E-state index is -3.73. The van der Waals surface area contributed by atoms with Crippen molar-refractivity contribution in [3.05, 3.63) is 52.1 Å². The Balaban J connectivity index is 2.25. The van der Waals surface area contributed by atoms with Crippen molar-refractivity contribution >= 4 is 27.8 Å². The van der Waals surface area contributed by atoms with Gasteiger partial charge in [-0.2, -0.15) is 23.7 Å². The van der Waals surface area contributed by atoms with Gasteiger partial charge in [0.05, 0.1) is 11.1 Å². The number of nitrogens with one attached hydrogen (secondary N) is 1. The van der Waals surface area contributed by atoms with Gasteiger partial charge < -0.3 is 4.90 Å². The Morgan fingerprint density at radius 2 is 1.72 bits per heavy atom. The Bertz CT molecular complexity index is 1070. The first-order valence-electron chi connectivity index (χ1n) is 8.72. The number of nitrogens with two attached hydrogens (primary N) is 1. The van der Waals surface area contributed by atoms with Gasteiger partial charge in [-0.15, -0.1) is 11.8 Å². The second-order valence-electron chi connectivity index (χ2n) is 6.41. The average molecular weight is 431 g/mol. The van der Waals surface area contributed by atoms with E-state index in [1.165, 1.54) is 11.8 Å². The molecule has 0 aliphatic carbocycles. The molecule has 0 aliphatic rings. The molecule has 0 aliphatic heterocycles. The minimum absolute atomic E-state index is 0.119. The van der Waals surface area contributed by atoms with Gasteiger partial charge in [-0.3, -0.25) is 0 Å². The van der Waals surface area contributed by atoms with E-state index in [1.54, 1.807) is 4.90 Å². The van der Waals surface area contributed by atoms with Gasteiger partial charge in [0.25, 0.3) is 10.2 Å². The summed E-state index contributed by atoms with van der Waals surface area (Å²) in [6.07, 6.45) is 0.564. The van der Waals surface area contributed by atoms with E-state index in [1.807, 2.05) is 45.3 Å². The van der Waals surface area contributed by atoms with Crippen molar-refractivity contribution in [3.8, 4) is 12.1 Å². The molecule has 29 heavy (non-hydrogen) atoms. The fraction of sp³-hybridized carbons (Fsp3) is 0.316. The Hall–Kier alpha value is -2.63. The highest BCUT2D eigenvalue weighted by Crippen LogP contribution is 2.32. The normalized spacial score (nSPS) is 11.0. The van der Waals surface area contributed by atoms with E-state index in [2.05, 4.69) is 21.8 Å². The molecule has 0 spiro atoms. The highest BCUT2D eigenvalue weighted by Gasteiger charge is 2.20. The summed E-state index contributed by atoms with van der Waals surface area (Å²) in [5.74, 6) is 1.13. The van der Waals surface area contributed by atoms with Crippen LogP contribution in [0.2, 0.25) is 0 Å². The van der Waals surface area contributed by atoms with Crippen LogP contribution in [0.1, 0.15) is 34.7 Å². The molecular formula is C19H22N6O2S2. The summed E-state index contributed by atoms with van der Waals surface area (Å²) in [4.78, 5) is 6.34. The second kappa shape index (κ2) is 9.72. The first-order chi connectivity index (χ1) is 13.7. The Morgan fingerprint density at radius 3 is 2.21 bits per heavy atom. The monoisotopic (exact) mass is 430 g/mol. The average Bonchev–Trinajstić information content (AvgIpc) is 2.69. The predicted octanol–water partition coefficient (Wildman–Crippen LogP) is 2.04. The molecule has 2 aromatic rings. The molecule has 3 N–H and O–H groups in total. The summed E-state index contributed by atoms with van der Waals surface area (Å²) in [5, 5.41) is 24.7. The lowest BCUT2D eigenvalue weighted by molar-refractivity contribution is 0.583. The van der Waals surface area contributed by atoms with E-state index >= 15 is 0 Å². The smallest absolute Gasteiger partial charge is 0.274 e. The molecule has 0 saturated carbocycles. The van der Waals surface area contributed by atoms with Crippen LogP contribution in [0.5, 0.6) is 0 Å². The van der Waals surface area contributed by atoms with Crippen LogP contribution in [0.3, 0.4) is 0 Å². The summed E-state index contributed by atoms with van der Waals surface area (Å²) >= 11 is 1.43. The predicted molar refractivity (Wildman–Crippen MR) is 113 cm³/mol. The summed E-state index contributed by atoms with van der Waals surface area (Å²) in [7, 11) is -0.0962. The van der Waals surface area contributed by atoms with Gasteiger partial charge >= 0.3 is 0 Å². The molecule has 1 aromatic heterocycles. The SMILES string of the molecule is CCc1c(C#N)c(SCc2ccc(CNS(N)(=O)=O)cc2)nc(N(C)C)c1C#N. The lowest BCUT2D eigenvalue weighted by Gasteiger charge is -2.18. The van der Waals surface area contributed by atoms with Crippen LogP contribution >= 0.6 is 11.8 Å². The van der Waals surface area contributed by atoms with Gasteiger partial charge in [0.1, 0.15) is 23.0 Å². The fourth-order valence-electron chi connectivity index (χ4n) is 2.70. The number of thioether (sulfide) groups is 1. The van der Waals surface area contributed by atoms with Crippen LogP contribution in [0, 0.1) is 22.7 Å². The highest BCUT2D eigenvalue weighted by atomic mass is 32.2. The van der Waals surface area contributed by atoms with Crippen molar-refractivity contribution in [1.82, 2.24) is 9.71 Å². The number of hydrogen-bond acceptors (Lipinski definition) is 7. The van der Waals surface area contributed by atoms with Gasteiger partial charge in [-0.05, 0) is 23.1 Å². The third kappa shape index (κ3) is 5.92. The van der Waals surface area contributed by atoms with E-state index in [9.17, 15) is 18.9 Å². The van der Waals surface area contributed by atoms with Crippen LogP contribution < -0.4 is 14.8 Å². The van der Waals surface area contributed by atoms with Crippen molar-refractivity contribution < 1.29 is 8.42 Å². The lowest BCUT2D eigenvalue weighted by atomic mass is 10.0. The zero-order chi connectivity index (χ0) is 21.6. The van der Waals surface area contributed by atoms with Crippen LogP contribution in [0.25, 0.3) is 0 Å². The van der Waals surface area contributed by atoms with Gasteiger partial charge in [0.15, 0.2) is 0 Å². The van der Waals surface area contributed by atoms with Gasteiger partial charge in [-0.25, -0.2) is 10.1 Å².